The van der Waals surface area contributed by atoms with E-state index >= 15 is 0 Å². The fourth-order valence-electron chi connectivity index (χ4n) is 1.47. The Morgan fingerprint density at radius 1 is 1.38 bits per heavy atom. The molecule has 4 heteroatoms. The van der Waals surface area contributed by atoms with E-state index in [0.717, 1.165) is 11.1 Å². The minimum Gasteiger partial charge on any atom is -0.493 e. The van der Waals surface area contributed by atoms with Gasteiger partial charge in [0.25, 0.3) is 0 Å². The van der Waals surface area contributed by atoms with Gasteiger partial charge in [-0.15, -0.1) is 0 Å². The topological polar surface area (TPSA) is 44.5 Å². The van der Waals surface area contributed by atoms with Crippen LogP contribution in [0.3, 0.4) is 0 Å². The first-order chi connectivity index (χ1) is 7.65. The summed E-state index contributed by atoms with van der Waals surface area (Å²) in [6, 6.07) is 1.85. The van der Waals surface area contributed by atoms with E-state index in [4.69, 9.17) is 26.8 Å². The summed E-state index contributed by atoms with van der Waals surface area (Å²) in [5, 5.41) is 0.655. The molecule has 0 aliphatic carbocycles. The van der Waals surface area contributed by atoms with E-state index < -0.39 is 0 Å². The molecule has 0 spiro atoms. The van der Waals surface area contributed by atoms with Crippen LogP contribution in [0.15, 0.2) is 12.1 Å². The van der Waals surface area contributed by atoms with E-state index in [2.05, 4.69) is 0 Å². The highest BCUT2D eigenvalue weighted by molar-refractivity contribution is 6.33. The van der Waals surface area contributed by atoms with Crippen LogP contribution < -0.4 is 15.2 Å². The Morgan fingerprint density at radius 3 is 2.56 bits per heavy atom. The lowest BCUT2D eigenvalue weighted by Crippen LogP contribution is -1.97. The Bertz CT molecular complexity index is 402. The van der Waals surface area contributed by atoms with Crippen molar-refractivity contribution in [3.8, 4) is 11.5 Å². The number of hydrogen-bond acceptors (Lipinski definition) is 3. The van der Waals surface area contributed by atoms with Gasteiger partial charge < -0.3 is 15.2 Å². The van der Waals surface area contributed by atoms with Crippen LogP contribution in [0.5, 0.6) is 11.5 Å². The fourth-order valence-corrected chi connectivity index (χ4v) is 1.67. The van der Waals surface area contributed by atoms with Crippen molar-refractivity contribution in [2.24, 2.45) is 5.73 Å². The SMILES string of the molecule is COc1cc(C)c(Cl)c(/C=C/CN)c1OC. The second kappa shape index (κ2) is 5.77. The third-order valence-electron chi connectivity index (χ3n) is 2.24. The van der Waals surface area contributed by atoms with E-state index in [9.17, 15) is 0 Å². The summed E-state index contributed by atoms with van der Waals surface area (Å²) >= 11 is 6.21. The molecule has 0 aliphatic heterocycles. The Labute approximate surface area is 101 Å². The number of benzene rings is 1. The second-order valence-electron chi connectivity index (χ2n) is 3.29. The molecule has 1 aromatic carbocycles. The van der Waals surface area contributed by atoms with Crippen LogP contribution >= 0.6 is 11.6 Å². The normalized spacial score (nSPS) is 10.8. The summed E-state index contributed by atoms with van der Waals surface area (Å²) in [4.78, 5) is 0. The molecule has 0 aliphatic rings. The van der Waals surface area contributed by atoms with Gasteiger partial charge >= 0.3 is 0 Å². The van der Waals surface area contributed by atoms with Crippen LogP contribution in [0.2, 0.25) is 5.02 Å². The zero-order valence-electron chi connectivity index (χ0n) is 9.71. The van der Waals surface area contributed by atoms with Crippen LogP contribution in [0, 0.1) is 6.92 Å². The average molecular weight is 242 g/mol. The number of ether oxygens (including phenoxy) is 2. The molecule has 2 N–H and O–H groups in total. The number of halogens is 1. The maximum absolute atomic E-state index is 6.21. The van der Waals surface area contributed by atoms with Crippen LogP contribution in [-0.2, 0) is 0 Å². The van der Waals surface area contributed by atoms with Gasteiger partial charge in [-0.3, -0.25) is 0 Å². The molecule has 16 heavy (non-hydrogen) atoms. The Kier molecular flexibility index (Phi) is 4.65. The lowest BCUT2D eigenvalue weighted by Gasteiger charge is -2.14. The third-order valence-corrected chi connectivity index (χ3v) is 2.75. The molecule has 88 valence electrons. The molecule has 0 fully saturated rings. The minimum absolute atomic E-state index is 0.454. The van der Waals surface area contributed by atoms with Gasteiger partial charge in [0, 0.05) is 12.1 Å². The van der Waals surface area contributed by atoms with Crippen molar-refractivity contribution in [3.63, 3.8) is 0 Å². The van der Waals surface area contributed by atoms with Gasteiger partial charge in [-0.05, 0) is 18.6 Å². The zero-order valence-corrected chi connectivity index (χ0v) is 10.5. The summed E-state index contributed by atoms with van der Waals surface area (Å²) in [5.74, 6) is 1.30. The van der Waals surface area contributed by atoms with Crippen molar-refractivity contribution >= 4 is 17.7 Å². The molecule has 0 amide bonds. The summed E-state index contributed by atoms with van der Waals surface area (Å²) in [5.41, 5.74) is 7.16. The van der Waals surface area contributed by atoms with Gasteiger partial charge in [-0.25, -0.2) is 0 Å². The van der Waals surface area contributed by atoms with Crippen molar-refractivity contribution in [1.82, 2.24) is 0 Å². The quantitative estimate of drug-likeness (QED) is 0.882. The Morgan fingerprint density at radius 2 is 2.06 bits per heavy atom. The predicted molar refractivity (Wildman–Crippen MR) is 67.4 cm³/mol. The predicted octanol–water partition coefficient (Wildman–Crippen LogP) is 2.64. The van der Waals surface area contributed by atoms with Crippen LogP contribution in [0.4, 0.5) is 0 Å². The molecule has 0 saturated heterocycles. The van der Waals surface area contributed by atoms with E-state index in [1.807, 2.05) is 25.1 Å². The van der Waals surface area contributed by atoms with E-state index in [-0.39, 0.29) is 0 Å². The molecule has 1 aromatic rings. The van der Waals surface area contributed by atoms with Crippen LogP contribution in [0.1, 0.15) is 11.1 Å². The smallest absolute Gasteiger partial charge is 0.169 e. The molecule has 0 heterocycles. The van der Waals surface area contributed by atoms with Crippen molar-refractivity contribution in [2.75, 3.05) is 20.8 Å². The highest BCUT2D eigenvalue weighted by Crippen LogP contribution is 2.39. The molecular formula is C12H16ClNO2. The van der Waals surface area contributed by atoms with E-state index in [0.29, 0.717) is 23.1 Å². The van der Waals surface area contributed by atoms with Crippen molar-refractivity contribution in [3.05, 3.63) is 28.3 Å². The van der Waals surface area contributed by atoms with Crippen molar-refractivity contribution in [1.29, 1.82) is 0 Å². The molecule has 0 bridgehead atoms. The van der Waals surface area contributed by atoms with Crippen molar-refractivity contribution < 1.29 is 9.47 Å². The van der Waals surface area contributed by atoms with Crippen LogP contribution in [-0.4, -0.2) is 20.8 Å². The number of rotatable bonds is 4. The van der Waals surface area contributed by atoms with Gasteiger partial charge in [-0.1, -0.05) is 23.8 Å². The summed E-state index contributed by atoms with van der Waals surface area (Å²) in [6.07, 6.45) is 3.67. The van der Waals surface area contributed by atoms with Crippen molar-refractivity contribution in [2.45, 2.75) is 6.92 Å². The van der Waals surface area contributed by atoms with Gasteiger partial charge in [0.15, 0.2) is 11.5 Å². The molecule has 3 nitrogen and oxygen atoms in total. The molecule has 0 atom stereocenters. The maximum Gasteiger partial charge on any atom is 0.169 e. The van der Waals surface area contributed by atoms with Gasteiger partial charge in [0.05, 0.1) is 19.2 Å². The number of nitrogens with two attached hydrogens (primary N) is 1. The van der Waals surface area contributed by atoms with E-state index in [1.54, 1.807) is 14.2 Å². The highest BCUT2D eigenvalue weighted by Gasteiger charge is 2.14. The molecule has 0 saturated carbocycles. The minimum atomic E-state index is 0.454. The number of hydrogen-bond donors (Lipinski definition) is 1. The number of methoxy groups -OCH3 is 2. The third kappa shape index (κ3) is 2.49. The lowest BCUT2D eigenvalue weighted by atomic mass is 10.1. The monoisotopic (exact) mass is 241 g/mol. The first-order valence-corrected chi connectivity index (χ1v) is 5.31. The summed E-state index contributed by atoms with van der Waals surface area (Å²) in [7, 11) is 3.19. The first-order valence-electron chi connectivity index (χ1n) is 4.93. The standard InChI is InChI=1S/C12H16ClNO2/c1-8-7-10(15-2)12(16-3)9(11(8)13)5-4-6-14/h4-5,7H,6,14H2,1-3H3/b5-4+. The zero-order chi connectivity index (χ0) is 12.1. The average Bonchev–Trinajstić information content (AvgIpc) is 2.30. The Balaban J connectivity index is 3.40. The summed E-state index contributed by atoms with van der Waals surface area (Å²) < 4.78 is 10.5. The Hall–Kier alpha value is -1.19. The van der Waals surface area contributed by atoms with Gasteiger partial charge in [0.1, 0.15) is 0 Å². The second-order valence-corrected chi connectivity index (χ2v) is 3.67. The summed E-state index contributed by atoms with van der Waals surface area (Å²) in [6.45, 7) is 2.37. The molecule has 0 aromatic heterocycles. The molecule has 0 radical (unpaired) electrons. The van der Waals surface area contributed by atoms with Gasteiger partial charge in [-0.2, -0.15) is 0 Å². The molecular weight excluding hydrogens is 226 g/mol. The first kappa shape index (κ1) is 12.9. The largest absolute Gasteiger partial charge is 0.493 e. The highest BCUT2D eigenvalue weighted by atomic mass is 35.5. The molecule has 0 unspecified atom stereocenters. The van der Waals surface area contributed by atoms with Crippen LogP contribution in [0.25, 0.3) is 6.08 Å². The number of aryl methyl sites for hydroxylation is 1. The van der Waals surface area contributed by atoms with Gasteiger partial charge in [0.2, 0.25) is 0 Å². The lowest BCUT2D eigenvalue weighted by molar-refractivity contribution is 0.354. The molecule has 1 rings (SSSR count). The fraction of sp³-hybridized carbons (Fsp3) is 0.333. The maximum atomic E-state index is 6.21. The van der Waals surface area contributed by atoms with E-state index in [1.165, 1.54) is 0 Å².